The standard InChI is InChI=1S/C12H14O10S/c13-7(19-1-2-23(16,17)18)4-20-12(15)8-6-3-5-9(21-6)10(8)22-11(5)14/h5-6,8-10H,1-4H2,(H,16,17,18). The van der Waals surface area contributed by atoms with Crippen molar-refractivity contribution in [1.82, 2.24) is 0 Å². The van der Waals surface area contributed by atoms with E-state index in [1.165, 1.54) is 0 Å². The van der Waals surface area contributed by atoms with Crippen molar-refractivity contribution in [3.05, 3.63) is 0 Å². The fourth-order valence-corrected chi connectivity index (χ4v) is 3.39. The first-order valence-electron chi connectivity index (χ1n) is 6.89. The van der Waals surface area contributed by atoms with Gasteiger partial charge in [-0.15, -0.1) is 0 Å². The average Bonchev–Trinajstić information content (AvgIpc) is 3.05. The minimum absolute atomic E-state index is 0.334. The molecule has 0 amide bonds. The van der Waals surface area contributed by atoms with Crippen LogP contribution in [0.15, 0.2) is 0 Å². The number of carbonyl (C=O) groups excluding carboxylic acids is 3. The first-order chi connectivity index (χ1) is 10.8. The van der Waals surface area contributed by atoms with Gasteiger partial charge in [0.15, 0.2) is 6.61 Å². The maximum Gasteiger partial charge on any atom is 0.344 e. The van der Waals surface area contributed by atoms with Crippen LogP contribution in [0.3, 0.4) is 0 Å². The van der Waals surface area contributed by atoms with E-state index in [4.69, 9.17) is 18.8 Å². The second-order valence-corrected chi connectivity index (χ2v) is 7.09. The van der Waals surface area contributed by atoms with Crippen LogP contribution in [0.25, 0.3) is 0 Å². The zero-order valence-corrected chi connectivity index (χ0v) is 12.6. The summed E-state index contributed by atoms with van der Waals surface area (Å²) in [7, 11) is -4.23. The summed E-state index contributed by atoms with van der Waals surface area (Å²) < 4.78 is 49.3. The number of hydrogen-bond donors (Lipinski definition) is 1. The molecule has 0 aliphatic carbocycles. The minimum Gasteiger partial charge on any atom is -0.462 e. The molecule has 5 atom stereocenters. The normalized spacial score (nSPS) is 34.3. The Morgan fingerprint density at radius 2 is 2.00 bits per heavy atom. The monoisotopic (exact) mass is 350 g/mol. The Balaban J connectivity index is 1.45. The van der Waals surface area contributed by atoms with E-state index in [0.29, 0.717) is 6.42 Å². The third-order valence-corrected chi connectivity index (χ3v) is 4.74. The van der Waals surface area contributed by atoms with E-state index >= 15 is 0 Å². The predicted octanol–water partition coefficient (Wildman–Crippen LogP) is -1.71. The third kappa shape index (κ3) is 3.16. The number of fused-ring (bicyclic) bond motifs is 1. The summed E-state index contributed by atoms with van der Waals surface area (Å²) in [5, 5.41) is 0. The second kappa shape index (κ2) is 5.73. The Hall–Kier alpha value is -1.72. The van der Waals surface area contributed by atoms with E-state index in [9.17, 15) is 22.8 Å². The van der Waals surface area contributed by atoms with Gasteiger partial charge in [-0.3, -0.25) is 14.1 Å². The lowest BCUT2D eigenvalue weighted by molar-refractivity contribution is -0.164. The van der Waals surface area contributed by atoms with Gasteiger partial charge in [0, 0.05) is 0 Å². The second-order valence-electron chi connectivity index (χ2n) is 5.52. The van der Waals surface area contributed by atoms with Crippen LogP contribution in [-0.2, 0) is 43.4 Å². The molecule has 11 heteroatoms. The van der Waals surface area contributed by atoms with Crippen LogP contribution in [0.4, 0.5) is 0 Å². The van der Waals surface area contributed by atoms with E-state index in [-0.39, 0.29) is 11.9 Å². The lowest BCUT2D eigenvalue weighted by Crippen LogP contribution is -2.39. The zero-order chi connectivity index (χ0) is 16.8. The molecule has 0 aromatic heterocycles. The Kier molecular flexibility index (Phi) is 4.02. The van der Waals surface area contributed by atoms with Gasteiger partial charge in [0.1, 0.15) is 30.5 Å². The van der Waals surface area contributed by atoms with Crippen molar-refractivity contribution >= 4 is 28.0 Å². The molecule has 0 saturated carbocycles. The van der Waals surface area contributed by atoms with Crippen LogP contribution < -0.4 is 0 Å². The molecular weight excluding hydrogens is 336 g/mol. The summed E-state index contributed by atoms with van der Waals surface area (Å²) in [6.07, 6.45) is -1.20. The van der Waals surface area contributed by atoms with E-state index < -0.39 is 65.3 Å². The van der Waals surface area contributed by atoms with Crippen molar-refractivity contribution in [3.63, 3.8) is 0 Å². The Labute approximate surface area is 130 Å². The molecule has 3 aliphatic rings. The first kappa shape index (κ1) is 16.1. The molecule has 3 fully saturated rings. The molecule has 0 aromatic rings. The highest BCUT2D eigenvalue weighted by Gasteiger charge is 2.65. The highest BCUT2D eigenvalue weighted by atomic mass is 32.2. The summed E-state index contributed by atoms with van der Waals surface area (Å²) in [4.78, 5) is 34.9. The third-order valence-electron chi connectivity index (χ3n) is 4.06. The Morgan fingerprint density at radius 3 is 2.70 bits per heavy atom. The van der Waals surface area contributed by atoms with Crippen molar-refractivity contribution < 1.29 is 46.3 Å². The largest absolute Gasteiger partial charge is 0.462 e. The molecule has 128 valence electrons. The van der Waals surface area contributed by atoms with Crippen LogP contribution in [0, 0.1) is 11.8 Å². The van der Waals surface area contributed by atoms with Gasteiger partial charge in [-0.25, -0.2) is 4.79 Å². The highest BCUT2D eigenvalue weighted by Crippen LogP contribution is 2.49. The summed E-state index contributed by atoms with van der Waals surface area (Å²) in [6.45, 7) is -1.25. The van der Waals surface area contributed by atoms with Crippen LogP contribution in [0.1, 0.15) is 6.42 Å². The van der Waals surface area contributed by atoms with Crippen molar-refractivity contribution in [2.45, 2.75) is 24.7 Å². The Morgan fingerprint density at radius 1 is 1.26 bits per heavy atom. The molecule has 3 aliphatic heterocycles. The van der Waals surface area contributed by atoms with Gasteiger partial charge < -0.3 is 18.9 Å². The number of rotatable bonds is 6. The van der Waals surface area contributed by atoms with Gasteiger partial charge in [-0.1, -0.05) is 0 Å². The molecule has 1 N–H and O–H groups in total. The maximum absolute atomic E-state index is 12.0. The van der Waals surface area contributed by atoms with Gasteiger partial charge >= 0.3 is 17.9 Å². The summed E-state index contributed by atoms with van der Waals surface area (Å²) in [5.41, 5.74) is 0. The minimum atomic E-state index is -4.23. The lowest BCUT2D eigenvalue weighted by atomic mass is 9.82. The van der Waals surface area contributed by atoms with Gasteiger partial charge in [0.2, 0.25) is 0 Å². The Bertz CT molecular complexity index is 640. The predicted molar refractivity (Wildman–Crippen MR) is 68.5 cm³/mol. The summed E-state index contributed by atoms with van der Waals surface area (Å²) in [6, 6.07) is 0. The topological polar surface area (TPSA) is 142 Å². The van der Waals surface area contributed by atoms with E-state index in [2.05, 4.69) is 4.74 Å². The quantitative estimate of drug-likeness (QED) is 0.334. The molecule has 10 nitrogen and oxygen atoms in total. The fraction of sp³-hybridized carbons (Fsp3) is 0.750. The number of ether oxygens (including phenoxy) is 4. The van der Waals surface area contributed by atoms with Crippen LogP contribution >= 0.6 is 0 Å². The van der Waals surface area contributed by atoms with Gasteiger partial charge in [0.05, 0.1) is 12.0 Å². The lowest BCUT2D eigenvalue weighted by Gasteiger charge is -2.20. The first-order valence-corrected chi connectivity index (χ1v) is 8.50. The molecule has 0 aromatic carbocycles. The molecule has 3 heterocycles. The molecule has 23 heavy (non-hydrogen) atoms. The molecular formula is C12H14O10S. The number of esters is 3. The maximum atomic E-state index is 12.0. The molecule has 2 bridgehead atoms. The zero-order valence-electron chi connectivity index (χ0n) is 11.7. The number of hydrogen-bond acceptors (Lipinski definition) is 9. The van der Waals surface area contributed by atoms with Gasteiger partial charge in [-0.2, -0.15) is 8.42 Å². The molecule has 0 radical (unpaired) electrons. The van der Waals surface area contributed by atoms with Crippen LogP contribution in [0.2, 0.25) is 0 Å². The van der Waals surface area contributed by atoms with E-state index in [1.54, 1.807) is 0 Å². The van der Waals surface area contributed by atoms with Crippen LogP contribution in [-0.4, -0.2) is 68.2 Å². The smallest absolute Gasteiger partial charge is 0.344 e. The van der Waals surface area contributed by atoms with Gasteiger partial charge in [0.25, 0.3) is 10.1 Å². The molecule has 0 spiro atoms. The van der Waals surface area contributed by atoms with Crippen molar-refractivity contribution in [2.75, 3.05) is 19.0 Å². The highest BCUT2D eigenvalue weighted by molar-refractivity contribution is 7.85. The number of carbonyl (C=O) groups is 3. The van der Waals surface area contributed by atoms with Crippen molar-refractivity contribution in [3.8, 4) is 0 Å². The van der Waals surface area contributed by atoms with E-state index in [0.717, 1.165) is 0 Å². The average molecular weight is 350 g/mol. The van der Waals surface area contributed by atoms with E-state index in [1.807, 2.05) is 0 Å². The van der Waals surface area contributed by atoms with Crippen molar-refractivity contribution in [2.24, 2.45) is 11.8 Å². The summed E-state index contributed by atoms with van der Waals surface area (Å²) in [5.74, 6) is -3.92. The molecule has 5 unspecified atom stereocenters. The molecule has 3 saturated heterocycles. The fourth-order valence-electron chi connectivity index (χ4n) is 3.10. The SMILES string of the molecule is O=C(COC(=O)C1C2CC3C(=O)OC1C3O2)OCCS(=O)(=O)O. The molecule has 3 rings (SSSR count). The van der Waals surface area contributed by atoms with Crippen molar-refractivity contribution in [1.29, 1.82) is 0 Å². The van der Waals surface area contributed by atoms with Gasteiger partial charge in [-0.05, 0) is 6.42 Å². The summed E-state index contributed by atoms with van der Waals surface area (Å²) >= 11 is 0. The van der Waals surface area contributed by atoms with Crippen LogP contribution in [0.5, 0.6) is 0 Å².